The summed E-state index contributed by atoms with van der Waals surface area (Å²) in [5.41, 5.74) is -3.39. The first-order valence-corrected chi connectivity index (χ1v) is 7.07. The van der Waals surface area contributed by atoms with Crippen molar-refractivity contribution in [2.45, 2.75) is 51.7 Å². The molecule has 0 radical (unpaired) electrons. The summed E-state index contributed by atoms with van der Waals surface area (Å²) in [4.78, 5) is 11.7. The third-order valence-corrected chi connectivity index (χ3v) is 5.53. The first-order valence-electron chi connectivity index (χ1n) is 7.07. The van der Waals surface area contributed by atoms with Gasteiger partial charge >= 0.3 is 5.97 Å². The van der Waals surface area contributed by atoms with Crippen molar-refractivity contribution in [2.75, 3.05) is 6.61 Å². The van der Waals surface area contributed by atoms with E-state index in [4.69, 9.17) is 0 Å². The summed E-state index contributed by atoms with van der Waals surface area (Å²) in [7, 11) is 0. The quantitative estimate of drug-likeness (QED) is 0.565. The number of carboxylic acid groups (broad SMARTS) is 1. The molecule has 0 aromatic heterocycles. The number of rotatable bonds is 2. The second-order valence-electron chi connectivity index (χ2n) is 7.09. The van der Waals surface area contributed by atoms with Gasteiger partial charge in [-0.15, -0.1) is 0 Å². The molecule has 1 fully saturated rings. The van der Waals surface area contributed by atoms with E-state index in [1.807, 2.05) is 13.8 Å². The highest BCUT2D eigenvalue weighted by molar-refractivity contribution is 5.83. The van der Waals surface area contributed by atoms with E-state index in [1.54, 1.807) is 6.92 Å². The molecule has 0 saturated heterocycles. The molecule has 1 saturated carbocycles. The van der Waals surface area contributed by atoms with Crippen LogP contribution in [0.15, 0.2) is 11.6 Å². The van der Waals surface area contributed by atoms with Gasteiger partial charge in [0, 0.05) is 11.3 Å². The van der Waals surface area contributed by atoms with Gasteiger partial charge in [-0.1, -0.05) is 33.3 Å². The Labute approximate surface area is 118 Å². The molecule has 4 N–H and O–H groups in total. The highest BCUT2D eigenvalue weighted by Gasteiger charge is 2.66. The molecule has 0 unspecified atom stereocenters. The standard InChI is InChI=1S/C15H24O5/c1-13(2)5-4-6-14(3)11(13)10(17)7-9(8-16)15(14,20)12(18)19/h7,10-11,16-17,20H,4-6,8H2,1-3H3,(H,18,19)/t10-,11-,14-,15+/m1/s1. The van der Waals surface area contributed by atoms with Crippen molar-refractivity contribution in [1.29, 1.82) is 0 Å². The molecule has 5 nitrogen and oxygen atoms in total. The lowest BCUT2D eigenvalue weighted by atomic mass is 9.46. The zero-order valence-electron chi connectivity index (χ0n) is 12.3. The van der Waals surface area contributed by atoms with Gasteiger partial charge in [-0.3, -0.25) is 0 Å². The van der Waals surface area contributed by atoms with E-state index in [0.29, 0.717) is 6.42 Å². The molecule has 0 spiro atoms. The first kappa shape index (κ1) is 15.5. The van der Waals surface area contributed by atoms with Gasteiger partial charge in [0.15, 0.2) is 5.60 Å². The van der Waals surface area contributed by atoms with E-state index in [-0.39, 0.29) is 16.9 Å². The van der Waals surface area contributed by atoms with E-state index in [1.165, 1.54) is 6.08 Å². The molecule has 4 atom stereocenters. The molecule has 0 amide bonds. The molecule has 0 heterocycles. The molecule has 0 aromatic rings. The van der Waals surface area contributed by atoms with Crippen molar-refractivity contribution in [3.63, 3.8) is 0 Å². The number of aliphatic hydroxyl groups excluding tert-OH is 2. The van der Waals surface area contributed by atoms with E-state index in [9.17, 15) is 25.2 Å². The number of fused-ring (bicyclic) bond motifs is 1. The van der Waals surface area contributed by atoms with Crippen LogP contribution in [0.4, 0.5) is 0 Å². The minimum Gasteiger partial charge on any atom is -0.479 e. The van der Waals surface area contributed by atoms with Gasteiger partial charge in [0.2, 0.25) is 0 Å². The minimum absolute atomic E-state index is 0.00560. The second kappa shape index (κ2) is 4.55. The minimum atomic E-state index is -2.12. The van der Waals surface area contributed by atoms with Gasteiger partial charge in [0.1, 0.15) is 0 Å². The third kappa shape index (κ3) is 1.76. The van der Waals surface area contributed by atoms with E-state index >= 15 is 0 Å². The van der Waals surface area contributed by atoms with Gasteiger partial charge in [-0.2, -0.15) is 0 Å². The zero-order chi connectivity index (χ0) is 15.3. The largest absolute Gasteiger partial charge is 0.479 e. The van der Waals surface area contributed by atoms with Crippen LogP contribution in [-0.4, -0.2) is 44.7 Å². The molecular weight excluding hydrogens is 260 g/mol. The highest BCUT2D eigenvalue weighted by atomic mass is 16.4. The zero-order valence-corrected chi connectivity index (χ0v) is 12.3. The SMILES string of the molecule is CC1(C)CCC[C@]2(C)[C@@H]1[C@H](O)C=C(CO)[C@]2(O)C(=O)O. The topological polar surface area (TPSA) is 98.0 Å². The monoisotopic (exact) mass is 284 g/mol. The Bertz CT molecular complexity index is 455. The van der Waals surface area contributed by atoms with Crippen molar-refractivity contribution in [3.8, 4) is 0 Å². The summed E-state index contributed by atoms with van der Waals surface area (Å²) in [6, 6.07) is 0. The summed E-state index contributed by atoms with van der Waals surface area (Å²) >= 11 is 0. The number of aliphatic carboxylic acids is 1. The van der Waals surface area contributed by atoms with E-state index < -0.39 is 29.7 Å². The fraction of sp³-hybridized carbons (Fsp3) is 0.800. The predicted molar refractivity (Wildman–Crippen MR) is 73.0 cm³/mol. The summed E-state index contributed by atoms with van der Waals surface area (Å²) in [5, 5.41) is 40.3. The van der Waals surface area contributed by atoms with Crippen molar-refractivity contribution in [3.05, 3.63) is 11.6 Å². The maximum Gasteiger partial charge on any atom is 0.340 e. The summed E-state index contributed by atoms with van der Waals surface area (Å²) in [6.45, 7) is 5.15. The summed E-state index contributed by atoms with van der Waals surface area (Å²) in [6.07, 6.45) is 2.66. The lowest BCUT2D eigenvalue weighted by Gasteiger charge is -2.59. The van der Waals surface area contributed by atoms with Gasteiger partial charge in [0.25, 0.3) is 0 Å². The average molecular weight is 284 g/mol. The van der Waals surface area contributed by atoms with Gasteiger partial charge in [-0.05, 0) is 23.8 Å². The Balaban J connectivity index is 2.67. The van der Waals surface area contributed by atoms with Gasteiger partial charge < -0.3 is 20.4 Å². The molecule has 2 aliphatic rings. The molecule has 2 rings (SSSR count). The third-order valence-electron chi connectivity index (χ3n) is 5.53. The predicted octanol–water partition coefficient (Wildman–Crippen LogP) is 0.928. The normalized spacial score (nSPS) is 43.6. The van der Waals surface area contributed by atoms with Crippen molar-refractivity contribution >= 4 is 5.97 Å². The second-order valence-corrected chi connectivity index (χ2v) is 7.09. The Hall–Kier alpha value is -0.910. The van der Waals surface area contributed by atoms with Crippen LogP contribution in [0.3, 0.4) is 0 Å². The fourth-order valence-corrected chi connectivity index (χ4v) is 4.67. The van der Waals surface area contributed by atoms with Crippen molar-refractivity contribution < 1.29 is 25.2 Å². The maximum atomic E-state index is 11.7. The maximum absolute atomic E-state index is 11.7. The Morgan fingerprint density at radius 3 is 2.45 bits per heavy atom. The van der Waals surface area contributed by atoms with Crippen LogP contribution in [-0.2, 0) is 4.79 Å². The van der Waals surface area contributed by atoms with E-state index in [0.717, 1.165) is 12.8 Å². The van der Waals surface area contributed by atoms with Crippen LogP contribution < -0.4 is 0 Å². The first-order chi connectivity index (χ1) is 9.11. The molecule has 0 bridgehead atoms. The van der Waals surface area contributed by atoms with Crippen LogP contribution in [0.5, 0.6) is 0 Å². The molecule has 2 aliphatic carbocycles. The summed E-state index contributed by atoms with van der Waals surface area (Å²) in [5.74, 6) is -1.71. The van der Waals surface area contributed by atoms with Gasteiger partial charge in [-0.25, -0.2) is 4.79 Å². The number of hydrogen-bond donors (Lipinski definition) is 4. The fourth-order valence-electron chi connectivity index (χ4n) is 4.67. The Morgan fingerprint density at radius 1 is 1.35 bits per heavy atom. The van der Waals surface area contributed by atoms with Crippen LogP contribution in [0.2, 0.25) is 0 Å². The molecule has 0 aliphatic heterocycles. The van der Waals surface area contributed by atoms with Crippen molar-refractivity contribution in [2.24, 2.45) is 16.7 Å². The molecule has 0 aromatic carbocycles. The van der Waals surface area contributed by atoms with Crippen LogP contribution in [0.1, 0.15) is 40.0 Å². The van der Waals surface area contributed by atoms with Crippen molar-refractivity contribution in [1.82, 2.24) is 0 Å². The Kier molecular flexibility index (Phi) is 3.52. The highest BCUT2D eigenvalue weighted by Crippen LogP contribution is 2.61. The van der Waals surface area contributed by atoms with Crippen LogP contribution >= 0.6 is 0 Å². The van der Waals surface area contributed by atoms with Gasteiger partial charge in [0.05, 0.1) is 12.7 Å². The lowest BCUT2D eigenvalue weighted by molar-refractivity contribution is -0.199. The molecule has 114 valence electrons. The molecule has 20 heavy (non-hydrogen) atoms. The summed E-state index contributed by atoms with van der Waals surface area (Å²) < 4.78 is 0. The lowest BCUT2D eigenvalue weighted by Crippen LogP contribution is -2.66. The number of carboxylic acids is 1. The number of hydrogen-bond acceptors (Lipinski definition) is 4. The van der Waals surface area contributed by atoms with E-state index in [2.05, 4.69) is 0 Å². The molecule has 5 heteroatoms. The number of aliphatic hydroxyl groups is 3. The molecular formula is C15H24O5. The van der Waals surface area contributed by atoms with Crippen LogP contribution in [0.25, 0.3) is 0 Å². The average Bonchev–Trinajstić information content (AvgIpc) is 2.32. The van der Waals surface area contributed by atoms with Crippen LogP contribution in [0, 0.1) is 16.7 Å². The number of carbonyl (C=O) groups is 1. The smallest absolute Gasteiger partial charge is 0.340 e. The Morgan fingerprint density at radius 2 is 1.95 bits per heavy atom.